The Morgan fingerprint density at radius 1 is 1.17 bits per heavy atom. The molecule has 0 bridgehead atoms. The van der Waals surface area contributed by atoms with Gasteiger partial charge in [-0.3, -0.25) is 0 Å². The van der Waals surface area contributed by atoms with Crippen LogP contribution in [-0.2, 0) is 5.41 Å². The topological polar surface area (TPSA) is 26.0 Å². The van der Waals surface area contributed by atoms with Crippen molar-refractivity contribution in [3.63, 3.8) is 0 Å². The molecular weight excluding hydrogens is 222 g/mol. The molecule has 1 atom stereocenters. The summed E-state index contributed by atoms with van der Waals surface area (Å²) in [6.07, 6.45) is 2.89. The molecule has 0 amide bonds. The SMILES string of the molecule is CCC(c1ccccc1)c1cnc(C(C)(C)C)o1. The summed E-state index contributed by atoms with van der Waals surface area (Å²) in [5.41, 5.74) is 1.25. The fourth-order valence-electron chi connectivity index (χ4n) is 2.08. The fraction of sp³-hybridized carbons (Fsp3) is 0.438. The summed E-state index contributed by atoms with van der Waals surface area (Å²) in [6.45, 7) is 8.53. The Hall–Kier alpha value is -1.57. The second-order valence-corrected chi connectivity index (χ2v) is 5.69. The second kappa shape index (κ2) is 4.97. The monoisotopic (exact) mass is 243 g/mol. The summed E-state index contributed by atoms with van der Waals surface area (Å²) in [5.74, 6) is 2.08. The predicted molar refractivity (Wildman–Crippen MR) is 73.8 cm³/mol. The third kappa shape index (κ3) is 2.63. The minimum Gasteiger partial charge on any atom is -0.445 e. The summed E-state index contributed by atoms with van der Waals surface area (Å²) in [5, 5.41) is 0. The predicted octanol–water partition coefficient (Wildman–Crippen LogP) is 4.51. The van der Waals surface area contributed by atoms with Crippen molar-refractivity contribution in [1.82, 2.24) is 4.98 Å². The molecule has 0 fully saturated rings. The minimum atomic E-state index is -0.0345. The first-order valence-electron chi connectivity index (χ1n) is 6.53. The van der Waals surface area contributed by atoms with Gasteiger partial charge in [-0.05, 0) is 12.0 Å². The lowest BCUT2D eigenvalue weighted by Gasteiger charge is -2.14. The lowest BCUT2D eigenvalue weighted by atomic mass is 9.94. The highest BCUT2D eigenvalue weighted by atomic mass is 16.4. The molecule has 96 valence electrons. The van der Waals surface area contributed by atoms with Crippen LogP contribution in [0.4, 0.5) is 0 Å². The highest BCUT2D eigenvalue weighted by Crippen LogP contribution is 2.31. The molecule has 0 aliphatic carbocycles. The van der Waals surface area contributed by atoms with Gasteiger partial charge in [0.25, 0.3) is 0 Å². The Bertz CT molecular complexity index is 493. The number of hydrogen-bond acceptors (Lipinski definition) is 2. The molecule has 0 N–H and O–H groups in total. The number of benzene rings is 1. The van der Waals surface area contributed by atoms with Crippen molar-refractivity contribution in [3.05, 3.63) is 53.7 Å². The normalized spacial score (nSPS) is 13.6. The van der Waals surface area contributed by atoms with E-state index in [1.165, 1.54) is 5.56 Å². The van der Waals surface area contributed by atoms with Crippen molar-refractivity contribution >= 4 is 0 Å². The standard InChI is InChI=1S/C16H21NO/c1-5-13(12-9-7-6-8-10-12)14-11-17-15(18-14)16(2,3)4/h6-11,13H,5H2,1-4H3. The highest BCUT2D eigenvalue weighted by Gasteiger charge is 2.23. The van der Waals surface area contributed by atoms with Gasteiger partial charge in [0.05, 0.1) is 6.20 Å². The Balaban J connectivity index is 2.32. The molecule has 0 radical (unpaired) electrons. The van der Waals surface area contributed by atoms with E-state index in [2.05, 4.69) is 56.9 Å². The number of rotatable bonds is 3. The van der Waals surface area contributed by atoms with Gasteiger partial charge >= 0.3 is 0 Å². The van der Waals surface area contributed by atoms with Crippen molar-refractivity contribution in [1.29, 1.82) is 0 Å². The summed E-state index contributed by atoms with van der Waals surface area (Å²) in [4.78, 5) is 4.42. The maximum absolute atomic E-state index is 5.94. The largest absolute Gasteiger partial charge is 0.445 e. The van der Waals surface area contributed by atoms with E-state index in [1.54, 1.807) is 0 Å². The molecule has 0 aliphatic rings. The van der Waals surface area contributed by atoms with E-state index in [1.807, 2.05) is 12.3 Å². The number of aromatic nitrogens is 1. The first-order chi connectivity index (χ1) is 8.52. The van der Waals surface area contributed by atoms with Gasteiger partial charge in [0, 0.05) is 11.3 Å². The molecule has 2 heteroatoms. The lowest BCUT2D eigenvalue weighted by molar-refractivity contribution is 0.363. The zero-order chi connectivity index (χ0) is 13.2. The summed E-state index contributed by atoms with van der Waals surface area (Å²) >= 11 is 0. The van der Waals surface area contributed by atoms with Crippen LogP contribution in [0.25, 0.3) is 0 Å². The zero-order valence-corrected chi connectivity index (χ0v) is 11.6. The van der Waals surface area contributed by atoms with Gasteiger partial charge in [0.1, 0.15) is 5.76 Å². The number of nitrogens with zero attached hydrogens (tertiary/aromatic N) is 1. The lowest BCUT2D eigenvalue weighted by Crippen LogP contribution is -2.11. The van der Waals surface area contributed by atoms with Crippen molar-refractivity contribution < 1.29 is 4.42 Å². The van der Waals surface area contributed by atoms with E-state index < -0.39 is 0 Å². The first kappa shape index (κ1) is 12.9. The Morgan fingerprint density at radius 3 is 2.33 bits per heavy atom. The van der Waals surface area contributed by atoms with Gasteiger partial charge in [0.2, 0.25) is 0 Å². The summed E-state index contributed by atoms with van der Waals surface area (Å²) in [6, 6.07) is 10.5. The third-order valence-corrected chi connectivity index (χ3v) is 3.12. The molecule has 1 heterocycles. The van der Waals surface area contributed by atoms with Gasteiger partial charge in [-0.25, -0.2) is 4.98 Å². The smallest absolute Gasteiger partial charge is 0.199 e. The van der Waals surface area contributed by atoms with Crippen LogP contribution < -0.4 is 0 Å². The molecule has 2 aromatic rings. The van der Waals surface area contributed by atoms with Crippen LogP contribution in [0.5, 0.6) is 0 Å². The Labute approximate surface area is 109 Å². The van der Waals surface area contributed by atoms with Gasteiger partial charge < -0.3 is 4.42 Å². The molecule has 18 heavy (non-hydrogen) atoms. The van der Waals surface area contributed by atoms with E-state index in [0.717, 1.165) is 18.1 Å². The fourth-order valence-corrected chi connectivity index (χ4v) is 2.08. The van der Waals surface area contributed by atoms with Gasteiger partial charge in [-0.2, -0.15) is 0 Å². The average Bonchev–Trinajstić information content (AvgIpc) is 2.81. The Morgan fingerprint density at radius 2 is 1.83 bits per heavy atom. The second-order valence-electron chi connectivity index (χ2n) is 5.69. The van der Waals surface area contributed by atoms with Crippen LogP contribution in [0.1, 0.15) is 57.2 Å². The molecule has 1 aromatic heterocycles. The van der Waals surface area contributed by atoms with Gasteiger partial charge in [0.15, 0.2) is 5.89 Å². The molecular formula is C16H21NO. The van der Waals surface area contributed by atoms with Crippen LogP contribution in [-0.4, -0.2) is 4.98 Å². The minimum absolute atomic E-state index is 0.0345. The number of hydrogen-bond donors (Lipinski definition) is 0. The van der Waals surface area contributed by atoms with Crippen molar-refractivity contribution in [2.24, 2.45) is 0 Å². The molecule has 0 saturated heterocycles. The van der Waals surface area contributed by atoms with Gasteiger partial charge in [-0.15, -0.1) is 0 Å². The maximum atomic E-state index is 5.94. The van der Waals surface area contributed by atoms with Crippen molar-refractivity contribution in [2.45, 2.75) is 45.4 Å². The van der Waals surface area contributed by atoms with E-state index in [9.17, 15) is 0 Å². The van der Waals surface area contributed by atoms with Crippen molar-refractivity contribution in [2.75, 3.05) is 0 Å². The van der Waals surface area contributed by atoms with Gasteiger partial charge in [-0.1, -0.05) is 58.0 Å². The van der Waals surface area contributed by atoms with Crippen molar-refractivity contribution in [3.8, 4) is 0 Å². The third-order valence-electron chi connectivity index (χ3n) is 3.12. The molecule has 2 rings (SSSR count). The molecule has 1 aromatic carbocycles. The molecule has 0 saturated carbocycles. The van der Waals surface area contributed by atoms with E-state index in [4.69, 9.17) is 4.42 Å². The van der Waals surface area contributed by atoms with Crippen LogP contribution in [0, 0.1) is 0 Å². The van der Waals surface area contributed by atoms with Crippen LogP contribution in [0.3, 0.4) is 0 Å². The Kier molecular flexibility index (Phi) is 3.55. The molecule has 0 aliphatic heterocycles. The van der Waals surface area contributed by atoms with Crippen LogP contribution >= 0.6 is 0 Å². The quantitative estimate of drug-likeness (QED) is 0.792. The summed E-state index contributed by atoms with van der Waals surface area (Å²) in [7, 11) is 0. The molecule has 0 spiro atoms. The van der Waals surface area contributed by atoms with Crippen LogP contribution in [0.2, 0.25) is 0 Å². The maximum Gasteiger partial charge on any atom is 0.199 e. The average molecular weight is 243 g/mol. The molecule has 2 nitrogen and oxygen atoms in total. The van der Waals surface area contributed by atoms with Crippen LogP contribution in [0.15, 0.2) is 40.9 Å². The van der Waals surface area contributed by atoms with E-state index in [0.29, 0.717) is 5.92 Å². The van der Waals surface area contributed by atoms with E-state index >= 15 is 0 Å². The first-order valence-corrected chi connectivity index (χ1v) is 6.53. The number of oxazole rings is 1. The highest BCUT2D eigenvalue weighted by molar-refractivity contribution is 5.26. The summed E-state index contributed by atoms with van der Waals surface area (Å²) < 4.78 is 5.94. The molecule has 1 unspecified atom stereocenters. The van der Waals surface area contributed by atoms with E-state index in [-0.39, 0.29) is 5.41 Å². The zero-order valence-electron chi connectivity index (χ0n) is 11.6.